The van der Waals surface area contributed by atoms with Gasteiger partial charge in [-0.2, -0.15) is 4.37 Å². The summed E-state index contributed by atoms with van der Waals surface area (Å²) < 4.78 is 9.24. The van der Waals surface area contributed by atoms with Crippen LogP contribution in [0.5, 0.6) is 5.75 Å². The first-order valence-corrected chi connectivity index (χ1v) is 12.5. The van der Waals surface area contributed by atoms with Gasteiger partial charge in [0.05, 0.1) is 12.8 Å². The number of nitrogen functional groups attached to an aromatic ring is 1. The first-order chi connectivity index (χ1) is 17.3. The minimum Gasteiger partial charge on any atom is -0.497 e. The first-order valence-electron chi connectivity index (χ1n) is 11.4. The van der Waals surface area contributed by atoms with Crippen molar-refractivity contribution in [3.05, 3.63) is 69.7 Å². The van der Waals surface area contributed by atoms with Crippen LogP contribution in [0.3, 0.4) is 0 Å². The standard InChI is InChI=1S/C25H26ClN5O4S/c1-35-18-12-6-14(7-13-18)21(24(33)29-16-4-2-3-5-16)31(17-10-8-15(26)9-11-17)25(34)22-19(27)20(23(28)32)30-36-22/h6-13,16,21H,2-5,27H2,1H3,(H2,28,32)(H,29,33)/t21-/m1/s1. The van der Waals surface area contributed by atoms with Crippen LogP contribution in [-0.2, 0) is 4.79 Å². The Hall–Kier alpha value is -3.63. The number of ether oxygens (including phenoxy) is 1. The molecule has 1 saturated carbocycles. The minimum atomic E-state index is -1.05. The van der Waals surface area contributed by atoms with Gasteiger partial charge in [0.1, 0.15) is 16.7 Å². The summed E-state index contributed by atoms with van der Waals surface area (Å²) in [4.78, 5) is 40.9. The molecule has 0 spiro atoms. The van der Waals surface area contributed by atoms with Crippen molar-refractivity contribution in [2.24, 2.45) is 5.73 Å². The Labute approximate surface area is 217 Å². The van der Waals surface area contributed by atoms with Crippen LogP contribution in [0.15, 0.2) is 48.5 Å². The molecule has 1 fully saturated rings. The molecular weight excluding hydrogens is 502 g/mol. The number of nitrogens with one attached hydrogen (secondary N) is 1. The van der Waals surface area contributed by atoms with E-state index in [2.05, 4.69) is 9.69 Å². The fourth-order valence-corrected chi connectivity index (χ4v) is 5.15. The van der Waals surface area contributed by atoms with Crippen LogP contribution in [0.1, 0.15) is 57.4 Å². The molecule has 4 rings (SSSR count). The van der Waals surface area contributed by atoms with Crippen molar-refractivity contribution in [1.82, 2.24) is 9.69 Å². The highest BCUT2D eigenvalue weighted by molar-refractivity contribution is 7.09. The third-order valence-electron chi connectivity index (χ3n) is 6.12. The molecule has 0 aliphatic heterocycles. The maximum Gasteiger partial charge on any atom is 0.273 e. The molecule has 1 aliphatic rings. The normalized spacial score (nSPS) is 14.3. The lowest BCUT2D eigenvalue weighted by Crippen LogP contribution is -2.46. The van der Waals surface area contributed by atoms with E-state index >= 15 is 0 Å². The number of anilines is 2. The lowest BCUT2D eigenvalue weighted by Gasteiger charge is -2.32. The number of carbonyl (C=O) groups is 3. The zero-order valence-electron chi connectivity index (χ0n) is 19.6. The number of methoxy groups -OCH3 is 1. The van der Waals surface area contributed by atoms with E-state index in [1.54, 1.807) is 55.6 Å². The van der Waals surface area contributed by atoms with Gasteiger partial charge in [0.25, 0.3) is 11.8 Å². The second-order valence-electron chi connectivity index (χ2n) is 8.46. The molecular formula is C25H26ClN5O4S. The molecule has 1 atom stereocenters. The fourth-order valence-electron chi connectivity index (χ4n) is 4.28. The maximum atomic E-state index is 14.0. The largest absolute Gasteiger partial charge is 0.497 e. The Kier molecular flexibility index (Phi) is 7.76. The quantitative estimate of drug-likeness (QED) is 0.405. The van der Waals surface area contributed by atoms with Crippen LogP contribution < -0.4 is 26.4 Å². The van der Waals surface area contributed by atoms with Gasteiger partial charge in [0.15, 0.2) is 5.69 Å². The summed E-state index contributed by atoms with van der Waals surface area (Å²) >= 11 is 6.86. The van der Waals surface area contributed by atoms with E-state index < -0.39 is 17.9 Å². The van der Waals surface area contributed by atoms with E-state index in [-0.39, 0.29) is 28.2 Å². The van der Waals surface area contributed by atoms with Crippen molar-refractivity contribution in [2.45, 2.75) is 37.8 Å². The number of hydrogen-bond acceptors (Lipinski definition) is 7. The molecule has 36 heavy (non-hydrogen) atoms. The van der Waals surface area contributed by atoms with Gasteiger partial charge in [-0.25, -0.2) is 0 Å². The zero-order valence-corrected chi connectivity index (χ0v) is 21.1. The van der Waals surface area contributed by atoms with Crippen LogP contribution >= 0.6 is 23.1 Å². The van der Waals surface area contributed by atoms with Crippen molar-refractivity contribution in [2.75, 3.05) is 17.7 Å². The van der Waals surface area contributed by atoms with E-state index in [9.17, 15) is 14.4 Å². The van der Waals surface area contributed by atoms with Crippen molar-refractivity contribution in [3.63, 3.8) is 0 Å². The lowest BCUT2D eigenvalue weighted by molar-refractivity contribution is -0.123. The van der Waals surface area contributed by atoms with Gasteiger partial charge in [0, 0.05) is 16.8 Å². The molecule has 0 radical (unpaired) electrons. The van der Waals surface area contributed by atoms with Crippen LogP contribution in [0, 0.1) is 0 Å². The number of rotatable bonds is 8. The molecule has 5 N–H and O–H groups in total. The van der Waals surface area contributed by atoms with Gasteiger partial charge in [-0.15, -0.1) is 0 Å². The van der Waals surface area contributed by atoms with Crippen LogP contribution in [0.25, 0.3) is 0 Å². The smallest absolute Gasteiger partial charge is 0.273 e. The zero-order chi connectivity index (χ0) is 25.8. The van der Waals surface area contributed by atoms with Gasteiger partial charge < -0.3 is 21.5 Å². The molecule has 0 saturated heterocycles. The van der Waals surface area contributed by atoms with Crippen LogP contribution in [0.4, 0.5) is 11.4 Å². The number of amides is 3. The predicted molar refractivity (Wildman–Crippen MR) is 139 cm³/mol. The molecule has 188 valence electrons. The first kappa shape index (κ1) is 25.5. The number of nitrogens with zero attached hydrogens (tertiary/aromatic N) is 2. The van der Waals surface area contributed by atoms with Gasteiger partial charge in [-0.3, -0.25) is 19.3 Å². The van der Waals surface area contributed by atoms with E-state index in [0.29, 0.717) is 22.0 Å². The second-order valence-corrected chi connectivity index (χ2v) is 9.67. The van der Waals surface area contributed by atoms with Gasteiger partial charge in [0.2, 0.25) is 5.91 Å². The Morgan fingerprint density at radius 3 is 2.31 bits per heavy atom. The maximum absolute atomic E-state index is 14.0. The molecule has 1 aliphatic carbocycles. The summed E-state index contributed by atoms with van der Waals surface area (Å²) in [7, 11) is 1.55. The average Bonchev–Trinajstić information content (AvgIpc) is 3.52. The molecule has 0 unspecified atom stereocenters. The van der Waals surface area contributed by atoms with E-state index in [1.165, 1.54) is 4.90 Å². The van der Waals surface area contributed by atoms with Crippen molar-refractivity contribution < 1.29 is 19.1 Å². The Morgan fingerprint density at radius 1 is 1.11 bits per heavy atom. The number of aromatic nitrogens is 1. The molecule has 1 aromatic heterocycles. The topological polar surface area (TPSA) is 141 Å². The highest BCUT2D eigenvalue weighted by Gasteiger charge is 2.37. The van der Waals surface area contributed by atoms with Crippen LogP contribution in [0.2, 0.25) is 5.02 Å². The predicted octanol–water partition coefficient (Wildman–Crippen LogP) is 3.93. The second kappa shape index (κ2) is 11.0. The lowest BCUT2D eigenvalue weighted by atomic mass is 10.0. The summed E-state index contributed by atoms with van der Waals surface area (Å²) in [5.74, 6) is -1.17. The van der Waals surface area contributed by atoms with E-state index in [1.807, 2.05) is 0 Å². The number of benzene rings is 2. The summed E-state index contributed by atoms with van der Waals surface area (Å²) in [6.07, 6.45) is 3.82. The van der Waals surface area contributed by atoms with Gasteiger partial charge in [-0.1, -0.05) is 36.6 Å². The summed E-state index contributed by atoms with van der Waals surface area (Å²) in [6.45, 7) is 0. The van der Waals surface area contributed by atoms with Crippen LogP contribution in [-0.4, -0.2) is 35.2 Å². The molecule has 3 amide bonds. The molecule has 0 bridgehead atoms. The molecule has 2 aromatic carbocycles. The molecule has 11 heteroatoms. The van der Waals surface area contributed by atoms with E-state index in [0.717, 1.165) is 37.2 Å². The summed E-state index contributed by atoms with van der Waals surface area (Å²) in [5, 5.41) is 3.57. The SMILES string of the molecule is COc1ccc([C@H](C(=O)NC2CCCC2)N(C(=O)c2snc(C(N)=O)c2N)c2ccc(Cl)cc2)cc1. The Morgan fingerprint density at radius 2 is 1.75 bits per heavy atom. The minimum absolute atomic E-state index is 0.00549. The Bertz CT molecular complexity index is 1260. The average molecular weight is 528 g/mol. The van der Waals surface area contributed by atoms with Gasteiger partial charge >= 0.3 is 0 Å². The Balaban J connectivity index is 1.84. The molecule has 1 heterocycles. The number of primary amides is 1. The summed E-state index contributed by atoms with van der Waals surface area (Å²) in [6, 6.07) is 12.4. The fraction of sp³-hybridized carbons (Fsp3) is 0.280. The van der Waals surface area contributed by atoms with E-state index in [4.69, 9.17) is 27.8 Å². The van der Waals surface area contributed by atoms with Gasteiger partial charge in [-0.05, 0) is 66.3 Å². The highest BCUT2D eigenvalue weighted by Crippen LogP contribution is 2.34. The van der Waals surface area contributed by atoms with Crippen molar-refractivity contribution >= 4 is 52.2 Å². The summed E-state index contributed by atoms with van der Waals surface area (Å²) in [5.41, 5.74) is 12.1. The third kappa shape index (κ3) is 5.29. The van der Waals surface area contributed by atoms with Crippen molar-refractivity contribution in [1.29, 1.82) is 0 Å². The number of nitrogens with two attached hydrogens (primary N) is 2. The molecule has 3 aromatic rings. The number of carbonyl (C=O) groups excluding carboxylic acids is 3. The highest BCUT2D eigenvalue weighted by atomic mass is 35.5. The number of hydrogen-bond donors (Lipinski definition) is 3. The number of halogens is 1. The van der Waals surface area contributed by atoms with Crippen molar-refractivity contribution in [3.8, 4) is 5.75 Å². The third-order valence-corrected chi connectivity index (χ3v) is 7.22. The molecule has 9 nitrogen and oxygen atoms in total. The monoisotopic (exact) mass is 527 g/mol.